The Balaban J connectivity index is 1.27. The summed E-state index contributed by atoms with van der Waals surface area (Å²) in [5.74, 6) is -0.649. The number of halogens is 1. The fourth-order valence-corrected chi connectivity index (χ4v) is 6.62. The average Bonchev–Trinajstić information content (AvgIpc) is 3.70. The first-order valence-electron chi connectivity index (χ1n) is 16.1. The summed E-state index contributed by atoms with van der Waals surface area (Å²) < 4.78 is 15.2. The second-order valence-electron chi connectivity index (χ2n) is 12.8. The quantitative estimate of drug-likeness (QED) is 0.173. The number of hydrogen-bond acceptors (Lipinski definition) is 4. The number of carbonyl (C=O) groups excluding carboxylic acids is 2. The number of rotatable bonds is 9. The van der Waals surface area contributed by atoms with Crippen molar-refractivity contribution in [3.63, 3.8) is 0 Å². The van der Waals surface area contributed by atoms with E-state index < -0.39 is 6.04 Å². The molecule has 0 bridgehead atoms. The van der Waals surface area contributed by atoms with Crippen molar-refractivity contribution in [1.82, 2.24) is 29.9 Å². The first-order chi connectivity index (χ1) is 22.7. The third kappa shape index (κ3) is 7.23. The number of nitrogens with zero attached hydrogens (tertiary/aromatic N) is 4. The molecule has 0 spiro atoms. The lowest BCUT2D eigenvalue weighted by atomic mass is 9.89. The number of nitrogens with one attached hydrogen (secondary N) is 3. The van der Waals surface area contributed by atoms with E-state index in [0.717, 1.165) is 51.6 Å². The number of hydrogen-bond donors (Lipinski definition) is 3. The van der Waals surface area contributed by atoms with Crippen LogP contribution in [0.15, 0.2) is 85.3 Å². The fraction of sp³-hybridized carbons (Fsp3) is 0.324. The van der Waals surface area contributed by atoms with Gasteiger partial charge in [0, 0.05) is 72.7 Å². The van der Waals surface area contributed by atoms with Crippen molar-refractivity contribution in [2.75, 3.05) is 32.5 Å². The van der Waals surface area contributed by atoms with Crippen molar-refractivity contribution in [2.45, 2.75) is 44.2 Å². The van der Waals surface area contributed by atoms with E-state index in [4.69, 9.17) is 0 Å². The highest BCUT2D eigenvalue weighted by atomic mass is 19.1. The molecule has 2 atom stereocenters. The number of aromatic amines is 1. The van der Waals surface area contributed by atoms with Gasteiger partial charge in [-0.3, -0.25) is 9.48 Å². The van der Waals surface area contributed by atoms with E-state index in [-0.39, 0.29) is 29.6 Å². The molecule has 1 aliphatic rings. The molecule has 1 saturated heterocycles. The van der Waals surface area contributed by atoms with Crippen LogP contribution in [0.3, 0.4) is 0 Å². The normalized spacial score (nSPS) is 15.1. The Morgan fingerprint density at radius 2 is 1.81 bits per heavy atom. The minimum absolute atomic E-state index is 0.254. The summed E-state index contributed by atoms with van der Waals surface area (Å²) in [4.78, 5) is 35.4. The van der Waals surface area contributed by atoms with Crippen LogP contribution in [0.1, 0.15) is 48.3 Å². The number of aryl methyl sites for hydroxylation is 1. The highest BCUT2D eigenvalue weighted by molar-refractivity contribution is 6.01. The Bertz CT molecular complexity index is 1850. The number of amides is 3. The molecule has 3 aromatic carbocycles. The van der Waals surface area contributed by atoms with Crippen molar-refractivity contribution in [2.24, 2.45) is 7.05 Å². The van der Waals surface area contributed by atoms with Gasteiger partial charge < -0.3 is 25.4 Å². The van der Waals surface area contributed by atoms with Gasteiger partial charge in [0.2, 0.25) is 5.91 Å². The van der Waals surface area contributed by atoms with Crippen LogP contribution in [0.25, 0.3) is 22.0 Å². The summed E-state index contributed by atoms with van der Waals surface area (Å²) in [6.07, 6.45) is 7.15. The average molecular weight is 636 g/mol. The summed E-state index contributed by atoms with van der Waals surface area (Å²) in [5, 5.41) is 11.7. The van der Waals surface area contributed by atoms with Gasteiger partial charge in [0.1, 0.15) is 11.9 Å². The predicted molar refractivity (Wildman–Crippen MR) is 184 cm³/mol. The predicted octanol–water partition coefficient (Wildman–Crippen LogP) is 6.47. The topological polar surface area (TPSA) is 98.3 Å². The smallest absolute Gasteiger partial charge is 0.318 e. The highest BCUT2D eigenvalue weighted by Crippen LogP contribution is 2.33. The van der Waals surface area contributed by atoms with Gasteiger partial charge in [0.15, 0.2) is 0 Å². The van der Waals surface area contributed by atoms with Crippen LogP contribution >= 0.6 is 0 Å². The number of anilines is 1. The number of piperidine rings is 1. The van der Waals surface area contributed by atoms with Crippen molar-refractivity contribution in [3.8, 4) is 11.1 Å². The van der Waals surface area contributed by atoms with Crippen LogP contribution in [0.5, 0.6) is 0 Å². The maximum absolute atomic E-state index is 14.4. The molecule has 3 N–H and O–H groups in total. The standard InChI is InChI=1S/C37H42FN7O2/c1-24(32-21-39-33-8-6-5-7-31(32)33)35(42-37(47)45-17-15-27(16-18-45)26-10-12-29(38)13-11-26)36(46)41-34-19-25(22-43(2)3)9-14-30(34)28-20-40-44(4)23-28/h5-14,19-21,23-24,27,35,39H,15-18,22H2,1-4H3,(H,41,46)(H,42,47). The van der Waals surface area contributed by atoms with Gasteiger partial charge in [-0.05, 0) is 73.8 Å². The van der Waals surface area contributed by atoms with Gasteiger partial charge >= 0.3 is 6.03 Å². The molecule has 1 aliphatic heterocycles. The van der Waals surface area contributed by atoms with Crippen LogP contribution in [0, 0.1) is 5.82 Å². The first kappa shape index (κ1) is 32.0. The second kappa shape index (κ2) is 13.8. The van der Waals surface area contributed by atoms with Gasteiger partial charge in [-0.2, -0.15) is 5.10 Å². The maximum Gasteiger partial charge on any atom is 0.318 e. The van der Waals surface area contributed by atoms with Crippen molar-refractivity contribution in [1.29, 1.82) is 0 Å². The van der Waals surface area contributed by atoms with Gasteiger partial charge in [0.25, 0.3) is 0 Å². The third-order valence-corrected chi connectivity index (χ3v) is 9.15. The summed E-state index contributed by atoms with van der Waals surface area (Å²) in [5.41, 5.74) is 6.44. The minimum atomic E-state index is -0.865. The molecule has 1 fully saturated rings. The van der Waals surface area contributed by atoms with Crippen molar-refractivity contribution in [3.05, 3.63) is 108 Å². The minimum Gasteiger partial charge on any atom is -0.361 e. The lowest BCUT2D eigenvalue weighted by molar-refractivity contribution is -0.118. The lowest BCUT2D eigenvalue weighted by Crippen LogP contribution is -2.53. The van der Waals surface area contributed by atoms with Crippen LogP contribution in [0.4, 0.5) is 14.9 Å². The van der Waals surface area contributed by atoms with Gasteiger partial charge in [-0.25, -0.2) is 9.18 Å². The second-order valence-corrected chi connectivity index (χ2v) is 12.8. The Morgan fingerprint density at radius 1 is 1.06 bits per heavy atom. The number of para-hydroxylation sites is 1. The molecule has 5 aromatic rings. The van der Waals surface area contributed by atoms with E-state index in [0.29, 0.717) is 25.3 Å². The number of carbonyl (C=O) groups is 2. The van der Waals surface area contributed by atoms with Crippen molar-refractivity contribution >= 4 is 28.5 Å². The van der Waals surface area contributed by atoms with Crippen LogP contribution in [0.2, 0.25) is 0 Å². The molecule has 3 amide bonds. The Morgan fingerprint density at radius 3 is 2.51 bits per heavy atom. The fourth-order valence-electron chi connectivity index (χ4n) is 6.62. The highest BCUT2D eigenvalue weighted by Gasteiger charge is 2.33. The van der Waals surface area contributed by atoms with Crippen LogP contribution < -0.4 is 10.6 Å². The van der Waals surface area contributed by atoms with Gasteiger partial charge in [-0.1, -0.05) is 49.4 Å². The van der Waals surface area contributed by atoms with E-state index in [1.807, 2.05) is 89.0 Å². The Labute approximate surface area is 274 Å². The van der Waals surface area contributed by atoms with Crippen LogP contribution in [-0.4, -0.2) is 69.7 Å². The molecule has 3 heterocycles. The molecule has 47 heavy (non-hydrogen) atoms. The van der Waals surface area contributed by atoms with E-state index in [2.05, 4.69) is 31.7 Å². The molecular formula is C37H42FN7O2. The molecule has 6 rings (SSSR count). The maximum atomic E-state index is 14.4. The SMILES string of the molecule is CC(c1c[nH]c2ccccc12)C(NC(=O)N1CCC(c2ccc(F)cc2)CC1)C(=O)Nc1cc(CN(C)C)ccc1-c1cnn(C)c1. The van der Waals surface area contributed by atoms with Gasteiger partial charge in [0.05, 0.1) is 6.20 Å². The molecule has 2 aromatic heterocycles. The van der Waals surface area contributed by atoms with Gasteiger partial charge in [-0.15, -0.1) is 0 Å². The van der Waals surface area contributed by atoms with E-state index in [9.17, 15) is 14.0 Å². The number of benzene rings is 3. The molecule has 0 aliphatic carbocycles. The number of aromatic nitrogens is 3. The van der Waals surface area contributed by atoms with Crippen LogP contribution in [-0.2, 0) is 18.4 Å². The zero-order chi connectivity index (χ0) is 33.1. The Kier molecular flexibility index (Phi) is 9.40. The number of urea groups is 1. The molecular weight excluding hydrogens is 593 g/mol. The Hall–Kier alpha value is -4.96. The number of fused-ring (bicyclic) bond motifs is 1. The monoisotopic (exact) mass is 635 g/mol. The molecule has 0 saturated carbocycles. The summed E-state index contributed by atoms with van der Waals surface area (Å²) in [6.45, 7) is 3.77. The zero-order valence-electron chi connectivity index (χ0n) is 27.3. The summed E-state index contributed by atoms with van der Waals surface area (Å²) in [7, 11) is 5.87. The summed E-state index contributed by atoms with van der Waals surface area (Å²) in [6, 6.07) is 19.5. The van der Waals surface area contributed by atoms with E-state index in [1.54, 1.807) is 15.8 Å². The first-order valence-corrected chi connectivity index (χ1v) is 16.1. The lowest BCUT2D eigenvalue weighted by Gasteiger charge is -2.34. The summed E-state index contributed by atoms with van der Waals surface area (Å²) >= 11 is 0. The zero-order valence-corrected chi connectivity index (χ0v) is 27.3. The molecule has 9 nitrogen and oxygen atoms in total. The molecule has 0 radical (unpaired) electrons. The van der Waals surface area contributed by atoms with E-state index >= 15 is 0 Å². The molecule has 10 heteroatoms. The van der Waals surface area contributed by atoms with Crippen molar-refractivity contribution < 1.29 is 14.0 Å². The molecule has 244 valence electrons. The molecule has 2 unspecified atom stereocenters. The third-order valence-electron chi connectivity index (χ3n) is 9.15. The number of H-pyrrole nitrogens is 1. The largest absolute Gasteiger partial charge is 0.361 e. The number of likely N-dealkylation sites (tertiary alicyclic amines) is 1. The van der Waals surface area contributed by atoms with E-state index in [1.165, 1.54) is 12.1 Å².